The van der Waals surface area contributed by atoms with Crippen molar-refractivity contribution in [3.8, 4) is 0 Å². The third-order valence-corrected chi connectivity index (χ3v) is 3.00. The number of nitrogen functional groups attached to an aromatic ring is 1. The first-order valence-electron chi connectivity index (χ1n) is 6.22. The van der Waals surface area contributed by atoms with Gasteiger partial charge in [-0.2, -0.15) is 5.10 Å². The Hall–Kier alpha value is -2.71. The molecule has 0 saturated heterocycles. The van der Waals surface area contributed by atoms with E-state index in [0.717, 1.165) is 17.0 Å². The number of benzene rings is 1. The van der Waals surface area contributed by atoms with Crippen LogP contribution in [0.1, 0.15) is 16.1 Å². The second-order valence-corrected chi connectivity index (χ2v) is 4.63. The highest BCUT2D eigenvalue weighted by atomic mass is 35.5. The topological polar surface area (TPSA) is 123 Å². The van der Waals surface area contributed by atoms with Crippen LogP contribution in [-0.4, -0.2) is 27.3 Å². The molecule has 0 aliphatic heterocycles. The summed E-state index contributed by atoms with van der Waals surface area (Å²) in [6.07, 6.45) is 5.40. The maximum Gasteiger partial charge on any atom is 0.276 e. The van der Waals surface area contributed by atoms with E-state index in [9.17, 15) is 4.79 Å². The van der Waals surface area contributed by atoms with Crippen LogP contribution < -0.4 is 16.9 Å². The molecule has 0 aliphatic rings. The van der Waals surface area contributed by atoms with Crippen molar-refractivity contribution in [3.63, 3.8) is 0 Å². The lowest BCUT2D eigenvalue weighted by atomic mass is 10.2. The van der Waals surface area contributed by atoms with Gasteiger partial charge in [-0.25, -0.2) is 15.9 Å². The van der Waals surface area contributed by atoms with Crippen LogP contribution in [0, 0.1) is 0 Å². The van der Waals surface area contributed by atoms with Crippen LogP contribution in [0.2, 0.25) is 5.02 Å². The highest BCUT2D eigenvalue weighted by molar-refractivity contribution is 6.33. The minimum Gasteiger partial charge on any atom is -0.397 e. The van der Waals surface area contributed by atoms with Gasteiger partial charge in [0.05, 0.1) is 23.5 Å². The SMILES string of the molecule is Nc1c(Cl)cccc1CN(N)/N=C/NC(=O)c1cnccn1. The fourth-order valence-electron chi connectivity index (χ4n) is 1.59. The molecule has 9 heteroatoms. The molecule has 22 heavy (non-hydrogen) atoms. The first kappa shape index (κ1) is 15.7. The summed E-state index contributed by atoms with van der Waals surface area (Å²) >= 11 is 5.92. The van der Waals surface area contributed by atoms with Crippen molar-refractivity contribution in [3.05, 3.63) is 53.1 Å². The number of hydrazine groups is 1. The van der Waals surface area contributed by atoms with Crippen LogP contribution in [0.5, 0.6) is 0 Å². The predicted octanol–water partition coefficient (Wildman–Crippen LogP) is 0.761. The molecule has 0 radical (unpaired) electrons. The van der Waals surface area contributed by atoms with Gasteiger partial charge in [0.1, 0.15) is 12.0 Å². The lowest BCUT2D eigenvalue weighted by Gasteiger charge is -2.14. The number of carbonyl (C=O) groups is 1. The minimum absolute atomic E-state index is 0.177. The molecule has 1 heterocycles. The summed E-state index contributed by atoms with van der Waals surface area (Å²) in [5.41, 5.74) is 7.18. The molecule has 2 aromatic rings. The Balaban J connectivity index is 1.90. The predicted molar refractivity (Wildman–Crippen MR) is 83.6 cm³/mol. The Morgan fingerprint density at radius 3 is 3.00 bits per heavy atom. The highest BCUT2D eigenvalue weighted by Gasteiger charge is 2.06. The Labute approximate surface area is 131 Å². The maximum atomic E-state index is 11.7. The van der Waals surface area contributed by atoms with Gasteiger partial charge in [-0.3, -0.25) is 9.78 Å². The summed E-state index contributed by atoms with van der Waals surface area (Å²) in [4.78, 5) is 19.3. The van der Waals surface area contributed by atoms with Crippen molar-refractivity contribution in [1.82, 2.24) is 20.4 Å². The Morgan fingerprint density at radius 1 is 1.45 bits per heavy atom. The Bertz CT molecular complexity index is 677. The molecule has 2 rings (SSSR count). The molecule has 0 fully saturated rings. The van der Waals surface area contributed by atoms with E-state index in [1.165, 1.54) is 18.6 Å². The van der Waals surface area contributed by atoms with Crippen molar-refractivity contribution < 1.29 is 4.79 Å². The zero-order valence-corrected chi connectivity index (χ0v) is 12.2. The van der Waals surface area contributed by atoms with Crippen molar-refractivity contribution in [2.75, 3.05) is 5.73 Å². The molecule has 8 nitrogen and oxygen atoms in total. The third-order valence-electron chi connectivity index (χ3n) is 2.67. The van der Waals surface area contributed by atoms with Crippen LogP contribution in [0.25, 0.3) is 0 Å². The number of nitrogens with two attached hydrogens (primary N) is 2. The largest absolute Gasteiger partial charge is 0.397 e. The summed E-state index contributed by atoms with van der Waals surface area (Å²) < 4.78 is 0. The number of halogens is 1. The first-order chi connectivity index (χ1) is 10.6. The lowest BCUT2D eigenvalue weighted by Crippen LogP contribution is -2.29. The van der Waals surface area contributed by atoms with Gasteiger partial charge < -0.3 is 11.1 Å². The van der Waals surface area contributed by atoms with Gasteiger partial charge in [-0.1, -0.05) is 23.7 Å². The fourth-order valence-corrected chi connectivity index (χ4v) is 1.78. The van der Waals surface area contributed by atoms with Gasteiger partial charge in [-0.15, -0.1) is 0 Å². The maximum absolute atomic E-state index is 11.7. The number of nitrogens with one attached hydrogen (secondary N) is 1. The molecule has 114 valence electrons. The summed E-state index contributed by atoms with van der Waals surface area (Å²) in [6, 6.07) is 5.24. The summed E-state index contributed by atoms with van der Waals surface area (Å²) in [7, 11) is 0. The smallest absolute Gasteiger partial charge is 0.276 e. The van der Waals surface area contributed by atoms with Crippen LogP contribution >= 0.6 is 11.6 Å². The van der Waals surface area contributed by atoms with Gasteiger partial charge in [-0.05, 0) is 11.6 Å². The molecule has 1 aromatic heterocycles. The standard InChI is InChI=1S/C13H14ClN7O/c14-10-3-1-2-9(12(10)15)7-21(16)20-8-19-13(22)11-6-17-4-5-18-11/h1-6,8H,7,15-16H2,(H,19,20,22). The molecule has 0 aliphatic carbocycles. The van der Waals surface area contributed by atoms with Gasteiger partial charge in [0.25, 0.3) is 5.91 Å². The van der Waals surface area contributed by atoms with Gasteiger partial charge in [0.15, 0.2) is 0 Å². The van der Waals surface area contributed by atoms with Crippen molar-refractivity contribution >= 4 is 29.5 Å². The molecule has 1 amide bonds. The van der Waals surface area contributed by atoms with Crippen LogP contribution in [0.3, 0.4) is 0 Å². The number of aromatic nitrogens is 2. The highest BCUT2D eigenvalue weighted by Crippen LogP contribution is 2.22. The molecule has 1 aromatic carbocycles. The number of hydrogen-bond acceptors (Lipinski definition) is 7. The number of hydrogen-bond donors (Lipinski definition) is 3. The number of amides is 1. The molecular formula is C13H14ClN7O. The average molecular weight is 320 g/mol. The molecule has 0 unspecified atom stereocenters. The fraction of sp³-hybridized carbons (Fsp3) is 0.0769. The van der Waals surface area contributed by atoms with E-state index >= 15 is 0 Å². The minimum atomic E-state index is -0.437. The summed E-state index contributed by atoms with van der Waals surface area (Å²) in [5.74, 6) is 5.27. The number of rotatable bonds is 5. The Morgan fingerprint density at radius 2 is 2.27 bits per heavy atom. The number of hydrazone groups is 1. The van der Waals surface area contributed by atoms with E-state index < -0.39 is 5.91 Å². The van der Waals surface area contributed by atoms with E-state index in [2.05, 4.69) is 20.4 Å². The molecular weight excluding hydrogens is 306 g/mol. The number of anilines is 1. The second-order valence-electron chi connectivity index (χ2n) is 4.22. The quantitative estimate of drug-likeness (QED) is 0.246. The monoisotopic (exact) mass is 319 g/mol. The number of carbonyl (C=O) groups excluding carboxylic acids is 1. The van der Waals surface area contributed by atoms with Crippen LogP contribution in [0.15, 0.2) is 41.9 Å². The molecule has 5 N–H and O–H groups in total. The summed E-state index contributed by atoms with van der Waals surface area (Å²) in [6.45, 7) is 0.240. The third kappa shape index (κ3) is 4.14. The van der Waals surface area contributed by atoms with E-state index in [0.29, 0.717) is 10.7 Å². The Kier molecular flexibility index (Phi) is 5.23. The van der Waals surface area contributed by atoms with Gasteiger partial charge >= 0.3 is 0 Å². The molecule has 0 saturated carbocycles. The lowest BCUT2D eigenvalue weighted by molar-refractivity contribution is 0.0972. The van der Waals surface area contributed by atoms with Gasteiger partial charge in [0.2, 0.25) is 0 Å². The van der Waals surface area contributed by atoms with Crippen LogP contribution in [-0.2, 0) is 6.54 Å². The number of para-hydroxylation sites is 1. The normalized spacial score (nSPS) is 10.6. The van der Waals surface area contributed by atoms with E-state index in [-0.39, 0.29) is 12.2 Å². The second kappa shape index (κ2) is 7.34. The van der Waals surface area contributed by atoms with E-state index in [1.54, 1.807) is 18.2 Å². The van der Waals surface area contributed by atoms with E-state index in [4.69, 9.17) is 23.2 Å². The molecule has 0 atom stereocenters. The van der Waals surface area contributed by atoms with Crippen LogP contribution in [0.4, 0.5) is 5.69 Å². The molecule has 0 bridgehead atoms. The zero-order valence-electron chi connectivity index (χ0n) is 11.5. The van der Waals surface area contributed by atoms with Crippen molar-refractivity contribution in [1.29, 1.82) is 0 Å². The zero-order chi connectivity index (χ0) is 15.9. The average Bonchev–Trinajstić information content (AvgIpc) is 2.52. The molecule has 0 spiro atoms. The summed E-state index contributed by atoms with van der Waals surface area (Å²) in [5, 5.41) is 7.87. The van der Waals surface area contributed by atoms with Crippen molar-refractivity contribution in [2.24, 2.45) is 10.9 Å². The van der Waals surface area contributed by atoms with Gasteiger partial charge in [0, 0.05) is 12.4 Å². The van der Waals surface area contributed by atoms with E-state index in [1.807, 2.05) is 0 Å². The first-order valence-corrected chi connectivity index (χ1v) is 6.60. The number of nitrogens with zero attached hydrogens (tertiary/aromatic N) is 4. The van der Waals surface area contributed by atoms with Crippen molar-refractivity contribution in [2.45, 2.75) is 6.54 Å².